The van der Waals surface area contributed by atoms with E-state index in [9.17, 15) is 0 Å². The Morgan fingerprint density at radius 3 is 2.00 bits per heavy atom. The topological polar surface area (TPSA) is 0 Å². The fourth-order valence-electron chi connectivity index (χ4n) is 1.21. The fourth-order valence-corrected chi connectivity index (χ4v) is 2.10. The molecule has 0 aliphatic carbocycles. The molecule has 2 aromatic rings. The zero-order valence-electron chi connectivity index (χ0n) is 9.10. The van der Waals surface area contributed by atoms with Gasteiger partial charge in [0.1, 0.15) is 0 Å². The number of hydrogen-bond acceptors (Lipinski definition) is 2. The molecule has 0 spiro atoms. The van der Waals surface area contributed by atoms with Gasteiger partial charge in [-0.3, -0.25) is 0 Å². The molecule has 80 valence electrons. The van der Waals surface area contributed by atoms with Gasteiger partial charge in [-0.1, -0.05) is 41.5 Å². The van der Waals surface area contributed by atoms with Crippen LogP contribution in [0.4, 0.5) is 0 Å². The SMILES string of the molecule is Cc1cccc(C)c1.SCc1cccs1. The molecule has 0 radical (unpaired) electrons. The van der Waals surface area contributed by atoms with Crippen LogP contribution >= 0.6 is 24.0 Å². The summed E-state index contributed by atoms with van der Waals surface area (Å²) >= 11 is 5.83. The summed E-state index contributed by atoms with van der Waals surface area (Å²) in [6.45, 7) is 4.21. The van der Waals surface area contributed by atoms with Crippen LogP contribution in [0.2, 0.25) is 0 Å². The van der Waals surface area contributed by atoms with E-state index in [1.165, 1.54) is 16.0 Å². The van der Waals surface area contributed by atoms with Crippen molar-refractivity contribution in [1.82, 2.24) is 0 Å². The molecule has 0 unspecified atom stereocenters. The first-order valence-electron chi connectivity index (χ1n) is 4.89. The molecule has 1 aromatic heterocycles. The highest BCUT2D eigenvalue weighted by Crippen LogP contribution is 2.09. The second-order valence-corrected chi connectivity index (χ2v) is 4.74. The molecule has 0 aliphatic rings. The van der Waals surface area contributed by atoms with Gasteiger partial charge in [-0.2, -0.15) is 12.6 Å². The second kappa shape index (κ2) is 6.70. The van der Waals surface area contributed by atoms with Crippen LogP contribution < -0.4 is 0 Å². The lowest BCUT2D eigenvalue weighted by atomic mass is 10.2. The average molecular weight is 236 g/mol. The first-order chi connectivity index (χ1) is 7.22. The van der Waals surface area contributed by atoms with Crippen LogP contribution in [0.15, 0.2) is 41.8 Å². The van der Waals surface area contributed by atoms with Crippen molar-refractivity contribution >= 4 is 24.0 Å². The molecule has 0 amide bonds. The maximum absolute atomic E-state index is 4.09. The van der Waals surface area contributed by atoms with Gasteiger partial charge in [0.05, 0.1) is 0 Å². The Kier molecular flexibility index (Phi) is 5.51. The molecule has 0 bridgehead atoms. The normalized spacial score (nSPS) is 9.27. The molecular weight excluding hydrogens is 220 g/mol. The van der Waals surface area contributed by atoms with E-state index in [1.54, 1.807) is 11.3 Å². The number of aryl methyl sites for hydroxylation is 2. The van der Waals surface area contributed by atoms with Crippen LogP contribution in [-0.2, 0) is 5.75 Å². The van der Waals surface area contributed by atoms with E-state index < -0.39 is 0 Å². The zero-order chi connectivity index (χ0) is 11.1. The summed E-state index contributed by atoms with van der Waals surface area (Å²) in [5.74, 6) is 0.873. The van der Waals surface area contributed by atoms with E-state index >= 15 is 0 Å². The van der Waals surface area contributed by atoms with Gasteiger partial charge in [-0.05, 0) is 25.3 Å². The molecule has 0 saturated heterocycles. The maximum Gasteiger partial charge on any atom is 0.0248 e. The Morgan fingerprint density at radius 2 is 1.73 bits per heavy atom. The number of thiophene rings is 1. The van der Waals surface area contributed by atoms with Crippen molar-refractivity contribution in [2.75, 3.05) is 0 Å². The molecule has 0 aliphatic heterocycles. The Hall–Kier alpha value is -0.730. The summed E-state index contributed by atoms with van der Waals surface area (Å²) in [5.41, 5.74) is 2.68. The zero-order valence-corrected chi connectivity index (χ0v) is 10.8. The molecule has 0 N–H and O–H groups in total. The summed E-state index contributed by atoms with van der Waals surface area (Å²) < 4.78 is 0. The van der Waals surface area contributed by atoms with E-state index in [0.717, 1.165) is 5.75 Å². The quantitative estimate of drug-likeness (QED) is 0.693. The molecule has 0 fully saturated rings. The second-order valence-electron chi connectivity index (χ2n) is 3.40. The number of hydrogen-bond donors (Lipinski definition) is 1. The third kappa shape index (κ3) is 5.05. The predicted molar refractivity (Wildman–Crippen MR) is 72.9 cm³/mol. The van der Waals surface area contributed by atoms with E-state index in [-0.39, 0.29) is 0 Å². The van der Waals surface area contributed by atoms with Gasteiger partial charge in [-0.25, -0.2) is 0 Å². The van der Waals surface area contributed by atoms with E-state index in [1.807, 2.05) is 6.07 Å². The van der Waals surface area contributed by atoms with E-state index in [2.05, 4.69) is 62.2 Å². The van der Waals surface area contributed by atoms with Gasteiger partial charge >= 0.3 is 0 Å². The van der Waals surface area contributed by atoms with Crippen molar-refractivity contribution in [3.05, 3.63) is 57.8 Å². The minimum absolute atomic E-state index is 0.873. The van der Waals surface area contributed by atoms with Gasteiger partial charge in [-0.15, -0.1) is 11.3 Å². The number of rotatable bonds is 1. The molecule has 0 atom stereocenters. The summed E-state index contributed by atoms with van der Waals surface area (Å²) in [5, 5.41) is 2.06. The van der Waals surface area contributed by atoms with Crippen molar-refractivity contribution < 1.29 is 0 Å². The van der Waals surface area contributed by atoms with Crippen LogP contribution in [0.3, 0.4) is 0 Å². The first-order valence-corrected chi connectivity index (χ1v) is 6.40. The lowest BCUT2D eigenvalue weighted by molar-refractivity contribution is 1.39. The van der Waals surface area contributed by atoms with Gasteiger partial charge in [0, 0.05) is 10.6 Å². The predicted octanol–water partition coefficient (Wildman–Crippen LogP) is 4.48. The Morgan fingerprint density at radius 1 is 1.07 bits per heavy atom. The molecule has 0 nitrogen and oxygen atoms in total. The summed E-state index contributed by atoms with van der Waals surface area (Å²) in [7, 11) is 0. The van der Waals surface area contributed by atoms with Crippen molar-refractivity contribution in [3.8, 4) is 0 Å². The lowest BCUT2D eigenvalue weighted by Crippen LogP contribution is -1.71. The third-order valence-electron chi connectivity index (χ3n) is 1.91. The van der Waals surface area contributed by atoms with Crippen molar-refractivity contribution in [2.45, 2.75) is 19.6 Å². The summed E-state index contributed by atoms with van der Waals surface area (Å²) in [4.78, 5) is 1.34. The minimum atomic E-state index is 0.873. The highest BCUT2D eigenvalue weighted by molar-refractivity contribution is 7.79. The monoisotopic (exact) mass is 236 g/mol. The smallest absolute Gasteiger partial charge is 0.0248 e. The first kappa shape index (κ1) is 12.3. The highest BCUT2D eigenvalue weighted by Gasteiger charge is 1.83. The number of benzene rings is 1. The lowest BCUT2D eigenvalue weighted by Gasteiger charge is -1.90. The molecular formula is C13H16S2. The largest absolute Gasteiger partial charge is 0.174 e. The maximum atomic E-state index is 4.09. The van der Waals surface area contributed by atoms with Gasteiger partial charge in [0.25, 0.3) is 0 Å². The number of thiol groups is 1. The third-order valence-corrected chi connectivity index (χ3v) is 3.34. The van der Waals surface area contributed by atoms with Crippen LogP contribution in [0.25, 0.3) is 0 Å². The molecule has 2 heteroatoms. The van der Waals surface area contributed by atoms with E-state index in [0.29, 0.717) is 0 Å². The van der Waals surface area contributed by atoms with Gasteiger partial charge in [0.2, 0.25) is 0 Å². The Bertz CT molecular complexity index is 360. The van der Waals surface area contributed by atoms with Crippen molar-refractivity contribution in [3.63, 3.8) is 0 Å². The molecule has 15 heavy (non-hydrogen) atoms. The fraction of sp³-hybridized carbons (Fsp3) is 0.231. The Labute approximate surface area is 101 Å². The molecule has 2 rings (SSSR count). The van der Waals surface area contributed by atoms with Crippen molar-refractivity contribution in [1.29, 1.82) is 0 Å². The minimum Gasteiger partial charge on any atom is -0.174 e. The van der Waals surface area contributed by atoms with Crippen LogP contribution in [0, 0.1) is 13.8 Å². The standard InChI is InChI=1S/C8H10.C5H6S2/c1-7-4-3-5-8(2)6-7;6-4-5-2-1-3-7-5/h3-6H,1-2H3;1-3,6H,4H2. The summed E-state index contributed by atoms with van der Waals surface area (Å²) in [6, 6.07) is 12.6. The van der Waals surface area contributed by atoms with Crippen LogP contribution in [-0.4, -0.2) is 0 Å². The molecule has 0 saturated carbocycles. The van der Waals surface area contributed by atoms with Gasteiger partial charge < -0.3 is 0 Å². The highest BCUT2D eigenvalue weighted by atomic mass is 32.1. The molecule has 1 aromatic carbocycles. The average Bonchev–Trinajstić information content (AvgIpc) is 2.70. The Balaban J connectivity index is 0.000000151. The summed E-state index contributed by atoms with van der Waals surface area (Å²) in [6.07, 6.45) is 0. The van der Waals surface area contributed by atoms with Gasteiger partial charge in [0.15, 0.2) is 0 Å². The van der Waals surface area contributed by atoms with E-state index in [4.69, 9.17) is 0 Å². The van der Waals surface area contributed by atoms with Crippen LogP contribution in [0.1, 0.15) is 16.0 Å². The van der Waals surface area contributed by atoms with Crippen molar-refractivity contribution in [2.24, 2.45) is 0 Å². The molecule has 1 heterocycles. The van der Waals surface area contributed by atoms with Crippen LogP contribution in [0.5, 0.6) is 0 Å².